The van der Waals surface area contributed by atoms with Crippen LogP contribution in [-0.4, -0.2) is 15.0 Å². The molecule has 0 aliphatic rings. The Labute approximate surface area is 131 Å². The van der Waals surface area contributed by atoms with Gasteiger partial charge in [0.1, 0.15) is 5.58 Å². The largest absolute Gasteiger partial charge is 0.438 e. The molecule has 0 atom stereocenters. The molecule has 23 heavy (non-hydrogen) atoms. The molecule has 1 aromatic carbocycles. The Morgan fingerprint density at radius 1 is 0.783 bits per heavy atom. The third-order valence-corrected chi connectivity index (χ3v) is 4.03. The summed E-state index contributed by atoms with van der Waals surface area (Å²) in [7, 11) is 0. The molecule has 0 aliphatic carbocycles. The highest BCUT2D eigenvalue weighted by Gasteiger charge is 2.10. The zero-order valence-electron chi connectivity index (χ0n) is 12.1. The molecule has 5 rings (SSSR count). The minimum Gasteiger partial charge on any atom is -0.438 e. The number of para-hydroxylation sites is 1. The van der Waals surface area contributed by atoms with Crippen molar-refractivity contribution in [3.63, 3.8) is 0 Å². The van der Waals surface area contributed by atoms with Crippen LogP contribution in [0.1, 0.15) is 0 Å². The van der Waals surface area contributed by atoms with Gasteiger partial charge in [0.2, 0.25) is 5.71 Å². The predicted molar refractivity (Wildman–Crippen MR) is 90.0 cm³/mol. The van der Waals surface area contributed by atoms with Crippen molar-refractivity contribution in [2.24, 2.45) is 0 Å². The first-order valence-electron chi connectivity index (χ1n) is 7.37. The molecule has 0 saturated carbocycles. The van der Waals surface area contributed by atoms with E-state index in [0.29, 0.717) is 5.71 Å². The number of rotatable bonds is 1. The number of hydrogen-bond donors (Lipinski definition) is 0. The van der Waals surface area contributed by atoms with E-state index in [4.69, 9.17) is 4.42 Å². The van der Waals surface area contributed by atoms with Crippen LogP contribution in [-0.2, 0) is 0 Å². The van der Waals surface area contributed by atoms with E-state index < -0.39 is 0 Å². The highest BCUT2D eigenvalue weighted by molar-refractivity contribution is 6.03. The van der Waals surface area contributed by atoms with Crippen LogP contribution in [0, 0.1) is 0 Å². The molecule has 0 radical (unpaired) electrons. The molecule has 0 spiro atoms. The fraction of sp³-hybridized carbons (Fsp3) is 0. The first kappa shape index (κ1) is 12.3. The van der Waals surface area contributed by atoms with Crippen LogP contribution in [0.5, 0.6) is 0 Å². The maximum Gasteiger partial charge on any atom is 0.227 e. The van der Waals surface area contributed by atoms with E-state index in [1.54, 1.807) is 6.20 Å². The minimum atomic E-state index is 0.636. The van der Waals surface area contributed by atoms with Crippen LogP contribution in [0.3, 0.4) is 0 Å². The summed E-state index contributed by atoms with van der Waals surface area (Å²) in [6.07, 6.45) is 5.44. The Bertz CT molecular complexity index is 1180. The molecule has 0 amide bonds. The van der Waals surface area contributed by atoms with Crippen LogP contribution in [0.4, 0.5) is 0 Å². The highest BCUT2D eigenvalue weighted by Crippen LogP contribution is 2.29. The van der Waals surface area contributed by atoms with Crippen molar-refractivity contribution in [1.82, 2.24) is 15.0 Å². The average molecular weight is 297 g/mol. The minimum absolute atomic E-state index is 0.636. The van der Waals surface area contributed by atoms with E-state index in [0.717, 1.165) is 38.5 Å². The van der Waals surface area contributed by atoms with Crippen LogP contribution in [0.25, 0.3) is 44.2 Å². The van der Waals surface area contributed by atoms with Crippen LogP contribution < -0.4 is 0 Å². The molecule has 0 unspecified atom stereocenters. The zero-order valence-corrected chi connectivity index (χ0v) is 12.1. The molecule has 0 bridgehead atoms. The molecule has 4 heterocycles. The number of nitrogens with zero attached hydrogens (tertiary/aromatic N) is 3. The summed E-state index contributed by atoms with van der Waals surface area (Å²) in [6, 6.07) is 15.9. The Morgan fingerprint density at radius 3 is 2.74 bits per heavy atom. The summed E-state index contributed by atoms with van der Waals surface area (Å²) in [5, 5.41) is 4.21. The number of aromatic nitrogens is 3. The maximum atomic E-state index is 5.85. The normalized spacial score (nSPS) is 11.5. The van der Waals surface area contributed by atoms with Crippen LogP contribution >= 0.6 is 0 Å². The summed E-state index contributed by atoms with van der Waals surface area (Å²) in [4.78, 5) is 13.3. The van der Waals surface area contributed by atoms with Crippen molar-refractivity contribution in [2.45, 2.75) is 0 Å². The lowest BCUT2D eigenvalue weighted by Crippen LogP contribution is -1.88. The first-order valence-corrected chi connectivity index (χ1v) is 7.37. The van der Waals surface area contributed by atoms with Gasteiger partial charge in [-0.3, -0.25) is 9.97 Å². The number of benzene rings is 1. The van der Waals surface area contributed by atoms with Crippen molar-refractivity contribution in [3.05, 3.63) is 67.1 Å². The summed E-state index contributed by atoms with van der Waals surface area (Å²) < 4.78 is 5.85. The lowest BCUT2D eigenvalue weighted by Gasteiger charge is -2.02. The fourth-order valence-electron chi connectivity index (χ4n) is 2.87. The quantitative estimate of drug-likeness (QED) is 0.454. The van der Waals surface area contributed by atoms with Gasteiger partial charge in [-0.15, -0.1) is 0 Å². The predicted octanol–water partition coefficient (Wildman–Crippen LogP) is 4.59. The van der Waals surface area contributed by atoms with Gasteiger partial charge in [-0.2, -0.15) is 0 Å². The maximum absolute atomic E-state index is 5.85. The molecule has 0 saturated heterocycles. The molecular formula is C19H11N3O. The smallest absolute Gasteiger partial charge is 0.227 e. The highest BCUT2D eigenvalue weighted by atomic mass is 16.3. The van der Waals surface area contributed by atoms with Gasteiger partial charge in [0.15, 0.2) is 0 Å². The Morgan fingerprint density at radius 2 is 1.74 bits per heavy atom. The van der Waals surface area contributed by atoms with Crippen molar-refractivity contribution < 1.29 is 4.42 Å². The second-order valence-corrected chi connectivity index (χ2v) is 5.44. The molecule has 0 fully saturated rings. The van der Waals surface area contributed by atoms with Gasteiger partial charge in [0, 0.05) is 40.1 Å². The van der Waals surface area contributed by atoms with Crippen molar-refractivity contribution in [3.8, 4) is 11.4 Å². The molecule has 0 aliphatic heterocycles. The summed E-state index contributed by atoms with van der Waals surface area (Å²) in [6.45, 7) is 0. The molecular weight excluding hydrogens is 286 g/mol. The lowest BCUT2D eigenvalue weighted by atomic mass is 10.1. The van der Waals surface area contributed by atoms with E-state index in [2.05, 4.69) is 15.0 Å². The number of fused-ring (bicyclic) bond motifs is 4. The van der Waals surface area contributed by atoms with Gasteiger partial charge in [-0.05, 0) is 30.3 Å². The van der Waals surface area contributed by atoms with E-state index in [1.165, 1.54) is 0 Å². The molecule has 108 valence electrons. The zero-order chi connectivity index (χ0) is 15.2. The standard InChI is InChI=1S/C19H11N3O/c1-2-4-18-14(3-1)15-5-6-16(22-19(15)23-18)17-9-13-10-20-8-7-12(13)11-21-17/h1-11H. The molecule has 0 N–H and O–H groups in total. The molecule has 4 nitrogen and oxygen atoms in total. The number of hydrogen-bond acceptors (Lipinski definition) is 4. The summed E-state index contributed by atoms with van der Waals surface area (Å²) in [5.41, 5.74) is 3.09. The fourth-order valence-corrected chi connectivity index (χ4v) is 2.87. The third-order valence-electron chi connectivity index (χ3n) is 4.03. The molecule has 5 aromatic rings. The van der Waals surface area contributed by atoms with Crippen LogP contribution in [0.15, 0.2) is 71.5 Å². The second kappa shape index (κ2) is 4.61. The molecule has 4 heteroatoms. The van der Waals surface area contributed by atoms with Crippen molar-refractivity contribution in [2.75, 3.05) is 0 Å². The van der Waals surface area contributed by atoms with Gasteiger partial charge < -0.3 is 4.42 Å². The first-order chi connectivity index (χ1) is 11.4. The van der Waals surface area contributed by atoms with Crippen molar-refractivity contribution in [1.29, 1.82) is 0 Å². The van der Waals surface area contributed by atoms with Gasteiger partial charge in [-0.25, -0.2) is 4.98 Å². The van der Waals surface area contributed by atoms with Crippen LogP contribution in [0.2, 0.25) is 0 Å². The number of furan rings is 1. The van der Waals surface area contributed by atoms with E-state index in [9.17, 15) is 0 Å². The monoisotopic (exact) mass is 297 g/mol. The van der Waals surface area contributed by atoms with E-state index in [1.807, 2.05) is 60.9 Å². The topological polar surface area (TPSA) is 51.8 Å². The third kappa shape index (κ3) is 1.89. The van der Waals surface area contributed by atoms with Gasteiger partial charge in [0.05, 0.1) is 11.4 Å². The Hall–Kier alpha value is -3.27. The van der Waals surface area contributed by atoms with Gasteiger partial charge in [-0.1, -0.05) is 18.2 Å². The lowest BCUT2D eigenvalue weighted by molar-refractivity contribution is 0.654. The van der Waals surface area contributed by atoms with E-state index in [-0.39, 0.29) is 0 Å². The summed E-state index contributed by atoms with van der Waals surface area (Å²) in [5.74, 6) is 0. The van der Waals surface area contributed by atoms with Gasteiger partial charge >= 0.3 is 0 Å². The number of pyridine rings is 3. The second-order valence-electron chi connectivity index (χ2n) is 5.44. The van der Waals surface area contributed by atoms with Crippen molar-refractivity contribution >= 4 is 32.8 Å². The summed E-state index contributed by atoms with van der Waals surface area (Å²) >= 11 is 0. The Balaban J connectivity index is 1.73. The average Bonchev–Trinajstić information content (AvgIpc) is 2.99. The Kier molecular flexibility index (Phi) is 2.46. The van der Waals surface area contributed by atoms with E-state index >= 15 is 0 Å². The van der Waals surface area contributed by atoms with Gasteiger partial charge in [0.25, 0.3) is 0 Å². The molecule has 4 aromatic heterocycles. The SMILES string of the molecule is c1ccc2c(c1)oc1nc(-c3cc4cnccc4cn3)ccc12.